The Morgan fingerprint density at radius 3 is 2.74 bits per heavy atom. The number of carbonyl (C=O) groups is 1. The van der Waals surface area contributed by atoms with E-state index in [9.17, 15) is 4.79 Å². The number of amides is 1. The fourth-order valence-corrected chi connectivity index (χ4v) is 2.48. The maximum absolute atomic E-state index is 12.3. The minimum absolute atomic E-state index is 0.0342. The Hall–Kier alpha value is -1.62. The van der Waals surface area contributed by atoms with Crippen LogP contribution in [0, 0.1) is 0 Å². The Morgan fingerprint density at radius 1 is 1.42 bits per heavy atom. The lowest BCUT2D eigenvalue weighted by molar-refractivity contribution is -0.136. The number of nitrogens with two attached hydrogens (primary N) is 1. The molecule has 104 valence electrons. The number of piperazine rings is 1. The Kier molecular flexibility index (Phi) is 3.49. The van der Waals surface area contributed by atoms with Gasteiger partial charge in [-0.1, -0.05) is 0 Å². The highest BCUT2D eigenvalue weighted by Gasteiger charge is 2.41. The van der Waals surface area contributed by atoms with Crippen molar-refractivity contribution in [3.8, 4) is 0 Å². The van der Waals surface area contributed by atoms with Crippen LogP contribution in [0.1, 0.15) is 32.4 Å². The minimum atomic E-state index is -0.573. The number of aromatic nitrogens is 1. The third-order valence-electron chi connectivity index (χ3n) is 3.78. The average molecular weight is 262 g/mol. The Labute approximate surface area is 114 Å². The number of rotatable bonds is 2. The second kappa shape index (κ2) is 4.81. The van der Waals surface area contributed by atoms with Gasteiger partial charge in [-0.15, -0.1) is 0 Å². The zero-order valence-electron chi connectivity index (χ0n) is 12.1. The monoisotopic (exact) mass is 262 g/mol. The zero-order chi connectivity index (χ0) is 14.2. The van der Waals surface area contributed by atoms with Crippen LogP contribution in [0.2, 0.25) is 0 Å². The van der Waals surface area contributed by atoms with Crippen LogP contribution < -0.4 is 10.6 Å². The van der Waals surface area contributed by atoms with Gasteiger partial charge in [-0.3, -0.25) is 4.79 Å². The summed E-state index contributed by atoms with van der Waals surface area (Å²) in [6.45, 7) is 7.31. The van der Waals surface area contributed by atoms with Gasteiger partial charge in [0, 0.05) is 32.4 Å². The van der Waals surface area contributed by atoms with E-state index < -0.39 is 5.54 Å². The molecule has 19 heavy (non-hydrogen) atoms. The van der Waals surface area contributed by atoms with Crippen molar-refractivity contribution in [3.63, 3.8) is 0 Å². The molecule has 1 fully saturated rings. The van der Waals surface area contributed by atoms with Crippen LogP contribution in [-0.2, 0) is 4.79 Å². The first kappa shape index (κ1) is 13.8. The van der Waals surface area contributed by atoms with E-state index in [1.807, 2.05) is 40.0 Å². The zero-order valence-corrected chi connectivity index (χ0v) is 12.1. The van der Waals surface area contributed by atoms with Crippen LogP contribution >= 0.6 is 0 Å². The van der Waals surface area contributed by atoms with Gasteiger partial charge in [0.1, 0.15) is 11.4 Å². The van der Waals surface area contributed by atoms with Gasteiger partial charge in [0.2, 0.25) is 5.91 Å². The highest BCUT2D eigenvalue weighted by molar-refractivity contribution is 5.90. The van der Waals surface area contributed by atoms with Crippen LogP contribution in [0.4, 0.5) is 5.82 Å². The molecule has 0 bridgehead atoms. The average Bonchev–Trinajstić information content (AvgIpc) is 2.36. The summed E-state index contributed by atoms with van der Waals surface area (Å²) in [7, 11) is 1.84. The standard InChI is InChI=1S/C14H22N4O/c1-10(15)11-5-6-16-12(9-11)18-8-7-17(4)13(19)14(18,2)3/h5-6,9-10H,7-8,15H2,1-4H3/t10-/m1/s1. The summed E-state index contributed by atoms with van der Waals surface area (Å²) >= 11 is 0. The molecule has 5 heteroatoms. The Morgan fingerprint density at radius 2 is 2.11 bits per heavy atom. The van der Waals surface area contributed by atoms with Gasteiger partial charge in [-0.25, -0.2) is 4.98 Å². The molecule has 1 aliphatic rings. The van der Waals surface area contributed by atoms with E-state index in [2.05, 4.69) is 9.88 Å². The van der Waals surface area contributed by atoms with E-state index in [4.69, 9.17) is 5.73 Å². The van der Waals surface area contributed by atoms with Crippen LogP contribution in [-0.4, -0.2) is 41.5 Å². The molecule has 1 saturated heterocycles. The molecule has 1 amide bonds. The molecule has 2 N–H and O–H groups in total. The quantitative estimate of drug-likeness (QED) is 0.868. The Bertz CT molecular complexity index is 484. The fraction of sp³-hybridized carbons (Fsp3) is 0.571. The molecule has 0 spiro atoms. The minimum Gasteiger partial charge on any atom is -0.342 e. The summed E-state index contributed by atoms with van der Waals surface area (Å²) in [5.74, 6) is 0.938. The van der Waals surface area contributed by atoms with Gasteiger partial charge in [0.15, 0.2) is 0 Å². The first-order valence-electron chi connectivity index (χ1n) is 6.59. The SMILES string of the molecule is C[C@@H](N)c1ccnc(N2CCN(C)C(=O)C2(C)C)c1. The topological polar surface area (TPSA) is 62.5 Å². The van der Waals surface area contributed by atoms with Gasteiger partial charge in [-0.05, 0) is 38.5 Å². The van der Waals surface area contributed by atoms with Crippen molar-refractivity contribution in [2.75, 3.05) is 25.0 Å². The van der Waals surface area contributed by atoms with Crippen molar-refractivity contribution in [2.24, 2.45) is 5.73 Å². The van der Waals surface area contributed by atoms with Crippen LogP contribution in [0.25, 0.3) is 0 Å². The lowest BCUT2D eigenvalue weighted by Gasteiger charge is -2.45. The summed E-state index contributed by atoms with van der Waals surface area (Å²) in [4.78, 5) is 20.5. The van der Waals surface area contributed by atoms with Gasteiger partial charge in [0.25, 0.3) is 0 Å². The molecule has 0 unspecified atom stereocenters. The summed E-state index contributed by atoms with van der Waals surface area (Å²) in [5, 5.41) is 0. The first-order valence-corrected chi connectivity index (χ1v) is 6.59. The van der Waals surface area contributed by atoms with E-state index in [0.29, 0.717) is 6.54 Å². The summed E-state index contributed by atoms with van der Waals surface area (Å²) < 4.78 is 0. The van der Waals surface area contributed by atoms with Crippen molar-refractivity contribution in [1.29, 1.82) is 0 Å². The van der Waals surface area contributed by atoms with Gasteiger partial charge in [-0.2, -0.15) is 0 Å². The number of hydrogen-bond donors (Lipinski definition) is 1. The van der Waals surface area contributed by atoms with Crippen molar-refractivity contribution < 1.29 is 4.79 Å². The number of pyridine rings is 1. The second-order valence-electron chi connectivity index (χ2n) is 5.67. The van der Waals surface area contributed by atoms with Gasteiger partial charge in [0.05, 0.1) is 0 Å². The van der Waals surface area contributed by atoms with Crippen molar-refractivity contribution in [1.82, 2.24) is 9.88 Å². The predicted molar refractivity (Wildman–Crippen MR) is 75.9 cm³/mol. The predicted octanol–water partition coefficient (Wildman–Crippen LogP) is 1.16. The van der Waals surface area contributed by atoms with E-state index in [-0.39, 0.29) is 11.9 Å². The molecule has 5 nitrogen and oxygen atoms in total. The molecule has 0 radical (unpaired) electrons. The molecule has 0 aromatic carbocycles. The third-order valence-corrected chi connectivity index (χ3v) is 3.78. The lowest BCUT2D eigenvalue weighted by atomic mass is 9.97. The fourth-order valence-electron chi connectivity index (χ4n) is 2.48. The van der Waals surface area contributed by atoms with E-state index >= 15 is 0 Å². The molecule has 1 aliphatic heterocycles. The molecule has 1 atom stereocenters. The Balaban J connectivity index is 2.36. The molecule has 1 aromatic heterocycles. The molecule has 0 saturated carbocycles. The van der Waals surface area contributed by atoms with Crippen LogP contribution in [0.15, 0.2) is 18.3 Å². The maximum Gasteiger partial charge on any atom is 0.247 e. The maximum atomic E-state index is 12.3. The number of hydrogen-bond acceptors (Lipinski definition) is 4. The number of carbonyl (C=O) groups excluding carboxylic acids is 1. The molecular weight excluding hydrogens is 240 g/mol. The highest BCUT2D eigenvalue weighted by atomic mass is 16.2. The van der Waals surface area contributed by atoms with Gasteiger partial charge < -0.3 is 15.5 Å². The van der Waals surface area contributed by atoms with Crippen molar-refractivity contribution in [3.05, 3.63) is 23.9 Å². The molecule has 1 aromatic rings. The third kappa shape index (κ3) is 2.42. The van der Waals surface area contributed by atoms with E-state index in [1.54, 1.807) is 11.1 Å². The smallest absolute Gasteiger partial charge is 0.247 e. The van der Waals surface area contributed by atoms with Crippen molar-refractivity contribution in [2.45, 2.75) is 32.4 Å². The first-order chi connectivity index (χ1) is 8.84. The molecule has 2 rings (SSSR count). The number of nitrogens with zero attached hydrogens (tertiary/aromatic N) is 3. The second-order valence-corrected chi connectivity index (χ2v) is 5.67. The normalized spacial score (nSPS) is 20.6. The van der Waals surface area contributed by atoms with E-state index in [0.717, 1.165) is 17.9 Å². The van der Waals surface area contributed by atoms with Crippen molar-refractivity contribution >= 4 is 11.7 Å². The molecule has 2 heterocycles. The summed E-state index contributed by atoms with van der Waals surface area (Å²) in [6.07, 6.45) is 1.76. The van der Waals surface area contributed by atoms with Crippen LogP contribution in [0.3, 0.4) is 0 Å². The number of anilines is 1. The summed E-state index contributed by atoms with van der Waals surface area (Å²) in [5.41, 5.74) is 6.37. The molecular formula is C14H22N4O. The number of likely N-dealkylation sites (N-methyl/N-ethyl adjacent to an activating group) is 1. The highest BCUT2D eigenvalue weighted by Crippen LogP contribution is 2.28. The summed E-state index contributed by atoms with van der Waals surface area (Å²) in [6, 6.07) is 3.86. The van der Waals surface area contributed by atoms with Gasteiger partial charge >= 0.3 is 0 Å². The van der Waals surface area contributed by atoms with E-state index in [1.165, 1.54) is 0 Å². The largest absolute Gasteiger partial charge is 0.342 e. The lowest BCUT2D eigenvalue weighted by Crippen LogP contribution is -2.62. The van der Waals surface area contributed by atoms with Crippen LogP contribution in [0.5, 0.6) is 0 Å². The molecule has 0 aliphatic carbocycles.